The number of hydrogen-bond donors (Lipinski definition) is 2. The summed E-state index contributed by atoms with van der Waals surface area (Å²) >= 11 is 0. The molecule has 7 aliphatic rings. The van der Waals surface area contributed by atoms with E-state index in [9.17, 15) is 27.7 Å². The fourth-order valence-corrected chi connectivity index (χ4v) is 17.9. The molecule has 0 radical (unpaired) electrons. The SMILES string of the molecule is C=C(C)[C@@H]1CC[C@]2(NCC[C@H](COP(=O)(OC)OC)N3CCS(=O)(=O)CC3)CC[C@]3(C)[C@H](CC[C@@H]4[C@@]5(C)CC[C@H](OC(=O)[C@H]6C[C@@H](C(=O)O)C6(C)C)C(C)(C)[C@@H]5CC[C@]43C)[C@@H]12. The number of carbonyl (C=O) groups excluding carboxylic acids is 1. The average Bonchev–Trinajstić information content (AvgIpc) is 3.57. The second kappa shape index (κ2) is 16.5. The summed E-state index contributed by atoms with van der Waals surface area (Å²) in [5.74, 6) is 0.724. The normalized spacial score (nSPS) is 43.0. The number of hydrogen-bond acceptors (Lipinski definition) is 11. The van der Waals surface area contributed by atoms with Crippen LogP contribution in [0.15, 0.2) is 12.2 Å². The fourth-order valence-electron chi connectivity index (χ4n) is 15.9. The third kappa shape index (κ3) is 7.87. The van der Waals surface area contributed by atoms with E-state index in [1.165, 1.54) is 32.6 Å². The van der Waals surface area contributed by atoms with E-state index in [0.717, 1.165) is 57.9 Å². The zero-order valence-corrected chi connectivity index (χ0v) is 40.8. The number of carboxylic acid groups (broad SMARTS) is 1. The van der Waals surface area contributed by atoms with Crippen molar-refractivity contribution in [1.29, 1.82) is 0 Å². The molecular formula is C47H79N2O10PS. The molecule has 7 rings (SSSR count). The highest BCUT2D eigenvalue weighted by atomic mass is 32.2. The summed E-state index contributed by atoms with van der Waals surface area (Å²) in [5.41, 5.74) is 0.894. The number of allylic oxidation sites excluding steroid dienone is 1. The number of aliphatic carboxylic acids is 1. The molecule has 1 heterocycles. The highest BCUT2D eigenvalue weighted by Crippen LogP contribution is 2.76. The zero-order chi connectivity index (χ0) is 44.8. The van der Waals surface area contributed by atoms with Gasteiger partial charge in [-0.05, 0) is 142 Å². The molecule has 0 aromatic rings. The Balaban J connectivity index is 1.08. The van der Waals surface area contributed by atoms with Crippen LogP contribution in [0.3, 0.4) is 0 Å². The van der Waals surface area contributed by atoms with E-state index in [1.54, 1.807) is 0 Å². The highest BCUT2D eigenvalue weighted by Gasteiger charge is 2.71. The van der Waals surface area contributed by atoms with E-state index in [4.69, 9.17) is 18.3 Å². The van der Waals surface area contributed by atoms with Crippen molar-refractivity contribution in [2.75, 3.05) is 52.0 Å². The molecule has 13 atom stereocenters. The van der Waals surface area contributed by atoms with Crippen molar-refractivity contribution in [2.45, 2.75) is 150 Å². The van der Waals surface area contributed by atoms with Gasteiger partial charge in [-0.1, -0.05) is 60.6 Å². The Bertz CT molecular complexity index is 1850. The van der Waals surface area contributed by atoms with Crippen molar-refractivity contribution >= 4 is 29.6 Å². The van der Waals surface area contributed by atoms with Gasteiger partial charge in [0.1, 0.15) is 6.10 Å². The van der Waals surface area contributed by atoms with Gasteiger partial charge in [0.05, 0.1) is 29.9 Å². The first-order valence-electron chi connectivity index (χ1n) is 23.5. The maximum Gasteiger partial charge on any atom is 0.474 e. The number of fused-ring (bicyclic) bond motifs is 7. The Morgan fingerprint density at radius 2 is 1.52 bits per heavy atom. The number of carbonyl (C=O) groups is 2. The minimum absolute atomic E-state index is 0.0213. The van der Waals surface area contributed by atoms with Crippen LogP contribution in [0.4, 0.5) is 0 Å². The molecule has 7 fully saturated rings. The Hall–Kier alpha value is -1.34. The standard InChI is InChI=1S/C47H79N2O10PS/c1-30(2)32-14-20-47(48-23-17-31(29-58-60(53,56-10)57-11)49-24-26-61(54,55)27-25-49)22-21-45(8)33(39(32)47)12-13-37-44(7)18-16-38(43(5,6)36(44)15-19-46(37,45)9)59-41(52)35-28-34(40(50)51)42(35,3)4/h31-39,48H,1,12-29H2,2-11H3,(H,50,51)/t31-,32+,33-,34+,35-,36+,37-,38+,39-,44+,45-,46-,47+/m1/s1. The fraction of sp³-hybridized carbons (Fsp3) is 0.915. The lowest BCUT2D eigenvalue weighted by atomic mass is 9.32. The molecule has 12 nitrogen and oxygen atoms in total. The lowest BCUT2D eigenvalue weighted by Crippen LogP contribution is -2.69. The summed E-state index contributed by atoms with van der Waals surface area (Å²) in [6.45, 7) is 24.9. The number of rotatable bonds is 14. The van der Waals surface area contributed by atoms with Gasteiger partial charge in [0, 0.05) is 44.3 Å². The molecule has 61 heavy (non-hydrogen) atoms. The molecule has 1 saturated heterocycles. The number of ether oxygens (including phenoxy) is 1. The van der Waals surface area contributed by atoms with E-state index < -0.39 is 35.0 Å². The van der Waals surface area contributed by atoms with Crippen LogP contribution in [-0.4, -0.2) is 100 Å². The monoisotopic (exact) mass is 895 g/mol. The molecule has 0 spiro atoms. The van der Waals surface area contributed by atoms with Crippen molar-refractivity contribution in [1.82, 2.24) is 10.2 Å². The van der Waals surface area contributed by atoms with E-state index >= 15 is 0 Å². The second-order valence-corrected chi connectivity index (χ2v) is 27.0. The molecule has 348 valence electrons. The summed E-state index contributed by atoms with van der Waals surface area (Å²) in [6, 6.07) is -0.147. The minimum atomic E-state index is -3.70. The lowest BCUT2D eigenvalue weighted by molar-refractivity contribution is -0.248. The molecule has 1 aliphatic heterocycles. The first kappa shape index (κ1) is 47.6. The van der Waals surface area contributed by atoms with Gasteiger partial charge in [0.2, 0.25) is 0 Å². The predicted octanol–water partition coefficient (Wildman–Crippen LogP) is 8.55. The summed E-state index contributed by atoms with van der Waals surface area (Å²) in [5, 5.41) is 13.9. The molecule has 14 heteroatoms. The largest absolute Gasteiger partial charge is 0.481 e. The van der Waals surface area contributed by atoms with Crippen molar-refractivity contribution in [3.63, 3.8) is 0 Å². The van der Waals surface area contributed by atoms with E-state index in [2.05, 4.69) is 58.3 Å². The molecule has 0 unspecified atom stereocenters. The zero-order valence-electron chi connectivity index (χ0n) is 39.1. The van der Waals surface area contributed by atoms with Gasteiger partial charge in [-0.3, -0.25) is 28.1 Å². The van der Waals surface area contributed by atoms with Crippen molar-refractivity contribution in [3.8, 4) is 0 Å². The number of phosphoric ester groups is 1. The number of sulfone groups is 1. The molecule has 0 amide bonds. The molecule has 0 aromatic heterocycles. The Kier molecular flexibility index (Phi) is 12.9. The number of esters is 1. The summed E-state index contributed by atoms with van der Waals surface area (Å²) in [4.78, 5) is 27.7. The average molecular weight is 895 g/mol. The third-order valence-corrected chi connectivity index (χ3v) is 22.8. The van der Waals surface area contributed by atoms with E-state index in [0.29, 0.717) is 55.5 Å². The van der Waals surface area contributed by atoms with Crippen molar-refractivity contribution in [3.05, 3.63) is 12.2 Å². The molecule has 6 saturated carbocycles. The Labute approximate surface area is 367 Å². The van der Waals surface area contributed by atoms with Gasteiger partial charge in [0.15, 0.2) is 9.84 Å². The van der Waals surface area contributed by atoms with Crippen LogP contribution in [0.25, 0.3) is 0 Å². The van der Waals surface area contributed by atoms with Crippen LogP contribution in [0.2, 0.25) is 0 Å². The van der Waals surface area contributed by atoms with Gasteiger partial charge in [-0.15, -0.1) is 0 Å². The smallest absolute Gasteiger partial charge is 0.474 e. The molecule has 0 aromatic carbocycles. The molecule has 0 bridgehead atoms. The van der Waals surface area contributed by atoms with Crippen LogP contribution in [0, 0.1) is 68.5 Å². The summed E-state index contributed by atoms with van der Waals surface area (Å²) in [7, 11) is -4.16. The highest BCUT2D eigenvalue weighted by molar-refractivity contribution is 7.91. The topological polar surface area (TPSA) is 158 Å². The third-order valence-electron chi connectivity index (χ3n) is 19.8. The van der Waals surface area contributed by atoms with Gasteiger partial charge in [-0.25, -0.2) is 13.0 Å². The number of phosphoric acid groups is 1. The lowest BCUT2D eigenvalue weighted by Gasteiger charge is -2.73. The van der Waals surface area contributed by atoms with Gasteiger partial charge >= 0.3 is 19.8 Å². The summed E-state index contributed by atoms with van der Waals surface area (Å²) < 4.78 is 60.0. The van der Waals surface area contributed by atoms with Gasteiger partial charge in [0.25, 0.3) is 0 Å². The first-order chi connectivity index (χ1) is 28.3. The Morgan fingerprint density at radius 1 is 0.852 bits per heavy atom. The molecule has 2 N–H and O–H groups in total. The van der Waals surface area contributed by atoms with Crippen LogP contribution in [0.1, 0.15) is 132 Å². The number of nitrogens with one attached hydrogen (secondary N) is 1. The van der Waals surface area contributed by atoms with Gasteiger partial charge in [-0.2, -0.15) is 0 Å². The molecule has 6 aliphatic carbocycles. The Morgan fingerprint density at radius 3 is 2.13 bits per heavy atom. The van der Waals surface area contributed by atoms with Crippen molar-refractivity contribution in [2.24, 2.45) is 68.5 Å². The molecular weight excluding hydrogens is 816 g/mol. The van der Waals surface area contributed by atoms with Crippen LogP contribution in [-0.2, 0) is 42.3 Å². The van der Waals surface area contributed by atoms with Crippen molar-refractivity contribution < 1.29 is 46.0 Å². The quantitative estimate of drug-likeness (QED) is 0.0975. The maximum absolute atomic E-state index is 13.7. The predicted molar refractivity (Wildman–Crippen MR) is 236 cm³/mol. The minimum Gasteiger partial charge on any atom is -0.481 e. The van der Waals surface area contributed by atoms with E-state index in [-0.39, 0.29) is 69.3 Å². The van der Waals surface area contributed by atoms with Crippen LogP contribution >= 0.6 is 7.82 Å². The van der Waals surface area contributed by atoms with Crippen LogP contribution in [0.5, 0.6) is 0 Å². The maximum atomic E-state index is 13.7. The second-order valence-electron chi connectivity index (χ2n) is 22.8. The number of nitrogens with zero attached hydrogens (tertiary/aromatic N) is 1. The summed E-state index contributed by atoms with van der Waals surface area (Å²) in [6.07, 6.45) is 11.9. The van der Waals surface area contributed by atoms with Gasteiger partial charge < -0.3 is 15.2 Å². The first-order valence-corrected chi connectivity index (χ1v) is 26.8. The number of carboxylic acids is 1. The van der Waals surface area contributed by atoms with Crippen LogP contribution < -0.4 is 5.32 Å². The van der Waals surface area contributed by atoms with E-state index in [1.807, 2.05) is 13.8 Å².